The Bertz CT molecular complexity index is 445. The molecule has 0 saturated carbocycles. The second-order valence-corrected chi connectivity index (χ2v) is 5.23. The number of amides is 1. The molecule has 118 valence electrons. The Morgan fingerprint density at radius 3 is 2.76 bits per heavy atom. The highest BCUT2D eigenvalue weighted by molar-refractivity contribution is 5.92. The number of methoxy groups -OCH3 is 1. The van der Waals surface area contributed by atoms with Gasteiger partial charge < -0.3 is 15.4 Å². The van der Waals surface area contributed by atoms with Gasteiger partial charge in [0.05, 0.1) is 12.8 Å². The van der Waals surface area contributed by atoms with Crippen LogP contribution in [0.25, 0.3) is 0 Å². The summed E-state index contributed by atoms with van der Waals surface area (Å²) in [5.74, 6) is -0.727. The van der Waals surface area contributed by atoms with Crippen LogP contribution >= 0.6 is 12.4 Å². The van der Waals surface area contributed by atoms with Gasteiger partial charge in [-0.3, -0.25) is 4.79 Å². The van der Waals surface area contributed by atoms with Crippen LogP contribution in [0.5, 0.6) is 0 Å². The van der Waals surface area contributed by atoms with E-state index in [2.05, 4.69) is 15.6 Å². The smallest absolute Gasteiger partial charge is 0.269 e. The number of halogens is 2. The molecule has 1 amide bonds. The molecule has 2 N–H and O–H groups in total. The fraction of sp³-hybridized carbons (Fsp3) is 0.571. The third-order valence-electron chi connectivity index (χ3n) is 3.70. The first kappa shape index (κ1) is 17.8. The molecule has 2 rings (SSSR count). The van der Waals surface area contributed by atoms with Gasteiger partial charge in [-0.2, -0.15) is 0 Å². The molecule has 0 spiro atoms. The minimum absolute atomic E-state index is 0. The number of nitrogens with one attached hydrogen (secondary N) is 2. The molecule has 5 nitrogen and oxygen atoms in total. The van der Waals surface area contributed by atoms with Crippen LogP contribution in [0, 0.1) is 11.2 Å². The van der Waals surface area contributed by atoms with E-state index in [1.54, 1.807) is 7.11 Å². The van der Waals surface area contributed by atoms with E-state index in [1.165, 1.54) is 12.1 Å². The summed E-state index contributed by atoms with van der Waals surface area (Å²) >= 11 is 0. The molecule has 1 saturated heterocycles. The number of piperidine rings is 1. The van der Waals surface area contributed by atoms with Crippen molar-refractivity contribution in [1.82, 2.24) is 15.6 Å². The zero-order valence-corrected chi connectivity index (χ0v) is 12.8. The Hall–Kier alpha value is -1.24. The quantitative estimate of drug-likeness (QED) is 0.861. The van der Waals surface area contributed by atoms with Gasteiger partial charge >= 0.3 is 0 Å². The number of carbonyl (C=O) groups excluding carboxylic acids is 1. The van der Waals surface area contributed by atoms with E-state index in [1.807, 2.05) is 0 Å². The number of ether oxygens (including phenoxy) is 1. The first-order valence-electron chi connectivity index (χ1n) is 6.75. The molecule has 1 aliphatic heterocycles. The van der Waals surface area contributed by atoms with Crippen LogP contribution in [0.15, 0.2) is 18.3 Å². The Morgan fingerprint density at radius 2 is 2.19 bits per heavy atom. The average molecular weight is 318 g/mol. The lowest BCUT2D eigenvalue weighted by molar-refractivity contribution is 0.0510. The Kier molecular flexibility index (Phi) is 7.01. The predicted molar refractivity (Wildman–Crippen MR) is 80.2 cm³/mol. The Labute approximate surface area is 130 Å². The second kappa shape index (κ2) is 8.26. The summed E-state index contributed by atoms with van der Waals surface area (Å²) in [6.45, 7) is 3.01. The van der Waals surface area contributed by atoms with E-state index < -0.39 is 5.82 Å². The van der Waals surface area contributed by atoms with Crippen LogP contribution in [0.3, 0.4) is 0 Å². The summed E-state index contributed by atoms with van der Waals surface area (Å²) in [5, 5.41) is 6.18. The van der Waals surface area contributed by atoms with Crippen molar-refractivity contribution in [3.8, 4) is 0 Å². The summed E-state index contributed by atoms with van der Waals surface area (Å²) in [6.07, 6.45) is 2.96. The maximum atomic E-state index is 12.8. The van der Waals surface area contributed by atoms with E-state index >= 15 is 0 Å². The molecular weight excluding hydrogens is 297 g/mol. The lowest BCUT2D eigenvalue weighted by atomic mass is 9.79. The molecule has 21 heavy (non-hydrogen) atoms. The Balaban J connectivity index is 0.00000220. The number of pyridine rings is 1. The summed E-state index contributed by atoms with van der Waals surface area (Å²) in [7, 11) is 1.67. The fourth-order valence-corrected chi connectivity index (χ4v) is 2.50. The number of rotatable bonds is 5. The van der Waals surface area contributed by atoms with E-state index in [4.69, 9.17) is 4.74 Å². The zero-order valence-electron chi connectivity index (χ0n) is 12.0. The van der Waals surface area contributed by atoms with E-state index in [0.717, 1.165) is 32.1 Å². The van der Waals surface area contributed by atoms with Crippen LogP contribution in [-0.2, 0) is 4.74 Å². The normalized spacial score (nSPS) is 16.9. The highest BCUT2D eigenvalue weighted by Crippen LogP contribution is 2.28. The molecule has 1 aromatic rings. The molecule has 1 aromatic heterocycles. The van der Waals surface area contributed by atoms with Crippen LogP contribution < -0.4 is 10.6 Å². The maximum Gasteiger partial charge on any atom is 0.269 e. The molecule has 0 aromatic carbocycles. The molecule has 0 atom stereocenters. The topological polar surface area (TPSA) is 63.2 Å². The fourth-order valence-electron chi connectivity index (χ4n) is 2.50. The van der Waals surface area contributed by atoms with Crippen molar-refractivity contribution in [2.24, 2.45) is 5.41 Å². The number of nitrogens with zero attached hydrogens (tertiary/aromatic N) is 1. The van der Waals surface area contributed by atoms with Crippen molar-refractivity contribution in [2.75, 3.05) is 33.4 Å². The van der Waals surface area contributed by atoms with Crippen molar-refractivity contribution in [2.45, 2.75) is 12.8 Å². The first-order chi connectivity index (χ1) is 9.65. The second-order valence-electron chi connectivity index (χ2n) is 5.23. The molecule has 0 unspecified atom stereocenters. The van der Waals surface area contributed by atoms with Crippen molar-refractivity contribution >= 4 is 18.3 Å². The summed E-state index contributed by atoms with van der Waals surface area (Å²) in [5.41, 5.74) is 0.197. The van der Waals surface area contributed by atoms with Gasteiger partial charge in [0.15, 0.2) is 0 Å². The third-order valence-corrected chi connectivity index (χ3v) is 3.70. The number of hydrogen-bond donors (Lipinski definition) is 2. The van der Waals surface area contributed by atoms with Gasteiger partial charge in [-0.15, -0.1) is 12.4 Å². The molecule has 1 fully saturated rings. The van der Waals surface area contributed by atoms with E-state index in [9.17, 15) is 9.18 Å². The molecule has 0 aliphatic carbocycles. The van der Waals surface area contributed by atoms with Crippen LogP contribution in [0.4, 0.5) is 4.39 Å². The SMILES string of the molecule is COCC1(CNC(=O)c2ccc(F)cn2)CCNCC1.Cl. The zero-order chi connectivity index (χ0) is 14.4. The lowest BCUT2D eigenvalue weighted by Crippen LogP contribution is -2.47. The predicted octanol–water partition coefficient (Wildman–Crippen LogP) is 1.39. The highest BCUT2D eigenvalue weighted by Gasteiger charge is 2.32. The van der Waals surface area contributed by atoms with Gasteiger partial charge in [-0.05, 0) is 38.1 Å². The van der Waals surface area contributed by atoms with Crippen molar-refractivity contribution in [3.05, 3.63) is 29.8 Å². The molecular formula is C14H21ClFN3O2. The van der Waals surface area contributed by atoms with Gasteiger partial charge in [0.1, 0.15) is 11.5 Å². The van der Waals surface area contributed by atoms with Gasteiger partial charge in [0, 0.05) is 19.1 Å². The number of aromatic nitrogens is 1. The minimum Gasteiger partial charge on any atom is -0.384 e. The maximum absolute atomic E-state index is 12.8. The minimum atomic E-state index is -0.448. The lowest BCUT2D eigenvalue weighted by Gasteiger charge is -2.37. The molecule has 1 aliphatic rings. The summed E-state index contributed by atoms with van der Waals surface area (Å²) in [4.78, 5) is 15.8. The van der Waals surface area contributed by atoms with Crippen LogP contribution in [-0.4, -0.2) is 44.2 Å². The Morgan fingerprint density at radius 1 is 1.48 bits per heavy atom. The monoisotopic (exact) mass is 317 g/mol. The van der Waals surface area contributed by atoms with Gasteiger partial charge in [0.2, 0.25) is 0 Å². The van der Waals surface area contributed by atoms with E-state index in [-0.39, 0.29) is 29.4 Å². The van der Waals surface area contributed by atoms with E-state index in [0.29, 0.717) is 13.2 Å². The average Bonchev–Trinajstić information content (AvgIpc) is 2.47. The number of hydrogen-bond acceptors (Lipinski definition) is 4. The van der Waals surface area contributed by atoms with Crippen molar-refractivity contribution in [1.29, 1.82) is 0 Å². The first-order valence-corrected chi connectivity index (χ1v) is 6.75. The van der Waals surface area contributed by atoms with Crippen LogP contribution in [0.2, 0.25) is 0 Å². The summed E-state index contributed by atoms with van der Waals surface area (Å²) in [6, 6.07) is 2.62. The van der Waals surface area contributed by atoms with Crippen molar-refractivity contribution < 1.29 is 13.9 Å². The highest BCUT2D eigenvalue weighted by atomic mass is 35.5. The molecule has 0 radical (unpaired) electrons. The van der Waals surface area contributed by atoms with Gasteiger partial charge in [-0.1, -0.05) is 0 Å². The van der Waals surface area contributed by atoms with Crippen molar-refractivity contribution in [3.63, 3.8) is 0 Å². The third kappa shape index (κ3) is 4.91. The standard InChI is InChI=1S/C14H20FN3O2.ClH/c1-20-10-14(4-6-16-7-5-14)9-18-13(19)12-3-2-11(15)8-17-12;/h2-3,8,16H,4-7,9-10H2,1H3,(H,18,19);1H. The van der Waals surface area contributed by atoms with Crippen LogP contribution in [0.1, 0.15) is 23.3 Å². The van der Waals surface area contributed by atoms with Gasteiger partial charge in [0.25, 0.3) is 5.91 Å². The molecule has 0 bridgehead atoms. The number of carbonyl (C=O) groups is 1. The summed E-state index contributed by atoms with van der Waals surface area (Å²) < 4.78 is 18.1. The molecule has 2 heterocycles. The largest absolute Gasteiger partial charge is 0.384 e. The van der Waals surface area contributed by atoms with Gasteiger partial charge in [-0.25, -0.2) is 9.37 Å². The molecule has 7 heteroatoms.